The van der Waals surface area contributed by atoms with Gasteiger partial charge in [-0.1, -0.05) is 25.1 Å². The van der Waals surface area contributed by atoms with Crippen LogP contribution in [-0.4, -0.2) is 13.7 Å². The van der Waals surface area contributed by atoms with Gasteiger partial charge in [0.2, 0.25) is 0 Å². The molecule has 0 amide bonds. The summed E-state index contributed by atoms with van der Waals surface area (Å²) in [6, 6.07) is 6.97. The molecule has 0 aliphatic carbocycles. The first kappa shape index (κ1) is 12.2. The van der Waals surface area contributed by atoms with E-state index in [0.717, 1.165) is 25.0 Å². The number of hydrogen-bond donors (Lipinski definition) is 0. The van der Waals surface area contributed by atoms with Crippen LogP contribution in [0, 0.1) is 12.2 Å². The molecular formula is C13H18FO. The van der Waals surface area contributed by atoms with Crippen molar-refractivity contribution >= 4 is 0 Å². The number of halogens is 1. The molecule has 0 heterocycles. The normalized spacial score (nSPS) is 12.7. The van der Waals surface area contributed by atoms with Gasteiger partial charge in [0.25, 0.3) is 0 Å². The zero-order chi connectivity index (χ0) is 11.1. The second-order valence-corrected chi connectivity index (χ2v) is 3.60. The highest BCUT2D eigenvalue weighted by atomic mass is 19.1. The Balaban J connectivity index is 2.61. The van der Waals surface area contributed by atoms with Crippen molar-refractivity contribution in [2.45, 2.75) is 25.7 Å². The minimum atomic E-state index is -0.113. The summed E-state index contributed by atoms with van der Waals surface area (Å²) in [5, 5.41) is 0. The molecular weight excluding hydrogens is 191 g/mol. The molecule has 83 valence electrons. The molecule has 1 radical (unpaired) electrons. The molecule has 1 atom stereocenters. The van der Waals surface area contributed by atoms with Crippen molar-refractivity contribution in [2.24, 2.45) is 0 Å². The van der Waals surface area contributed by atoms with Gasteiger partial charge in [0.05, 0.1) is 0 Å². The van der Waals surface area contributed by atoms with E-state index >= 15 is 0 Å². The summed E-state index contributed by atoms with van der Waals surface area (Å²) in [6.07, 6.45) is 3.94. The van der Waals surface area contributed by atoms with E-state index in [1.807, 2.05) is 25.5 Å². The van der Waals surface area contributed by atoms with E-state index in [1.54, 1.807) is 13.2 Å². The van der Waals surface area contributed by atoms with Gasteiger partial charge in [-0.15, -0.1) is 0 Å². The van der Waals surface area contributed by atoms with Gasteiger partial charge in [0, 0.05) is 13.7 Å². The number of hydrogen-bond acceptors (Lipinski definition) is 1. The van der Waals surface area contributed by atoms with Crippen molar-refractivity contribution in [1.82, 2.24) is 0 Å². The Bertz CT molecular complexity index is 286. The quantitative estimate of drug-likeness (QED) is 0.651. The van der Waals surface area contributed by atoms with Gasteiger partial charge in [0.15, 0.2) is 0 Å². The van der Waals surface area contributed by atoms with Crippen LogP contribution in [0.25, 0.3) is 0 Å². The smallest absolute Gasteiger partial charge is 0.126 e. The molecule has 0 unspecified atom stereocenters. The molecule has 0 saturated carbocycles. The molecule has 0 bridgehead atoms. The monoisotopic (exact) mass is 209 g/mol. The van der Waals surface area contributed by atoms with Crippen LogP contribution < -0.4 is 0 Å². The van der Waals surface area contributed by atoms with E-state index in [0.29, 0.717) is 0 Å². The van der Waals surface area contributed by atoms with Gasteiger partial charge < -0.3 is 4.74 Å². The van der Waals surface area contributed by atoms with Crippen LogP contribution >= 0.6 is 0 Å². The molecule has 0 fully saturated rings. The summed E-state index contributed by atoms with van der Waals surface area (Å²) in [4.78, 5) is 0. The summed E-state index contributed by atoms with van der Waals surface area (Å²) in [6.45, 7) is 2.71. The van der Waals surface area contributed by atoms with E-state index in [-0.39, 0.29) is 11.7 Å². The minimum absolute atomic E-state index is 0.113. The average molecular weight is 209 g/mol. The van der Waals surface area contributed by atoms with Gasteiger partial charge in [-0.3, -0.25) is 0 Å². The highest BCUT2D eigenvalue weighted by molar-refractivity contribution is 5.23. The Labute approximate surface area is 91.3 Å². The lowest BCUT2D eigenvalue weighted by Gasteiger charge is -2.15. The lowest BCUT2D eigenvalue weighted by molar-refractivity contribution is 0.191. The Kier molecular flexibility index (Phi) is 5.33. The van der Waals surface area contributed by atoms with E-state index in [9.17, 15) is 4.39 Å². The molecule has 0 aliphatic heterocycles. The Hall–Kier alpha value is -0.890. The maximum absolute atomic E-state index is 13.5. The maximum atomic E-state index is 13.5. The number of rotatable bonds is 6. The second kappa shape index (κ2) is 6.57. The van der Waals surface area contributed by atoms with Crippen molar-refractivity contribution < 1.29 is 9.13 Å². The second-order valence-electron chi connectivity index (χ2n) is 3.60. The lowest BCUT2D eigenvalue weighted by atomic mass is 9.91. The molecule has 0 spiro atoms. The third-order valence-electron chi connectivity index (χ3n) is 2.57. The first-order valence-corrected chi connectivity index (χ1v) is 5.32. The molecule has 0 aliphatic rings. The summed E-state index contributed by atoms with van der Waals surface area (Å²) < 4.78 is 18.5. The van der Waals surface area contributed by atoms with E-state index in [2.05, 4.69) is 0 Å². The topological polar surface area (TPSA) is 9.23 Å². The van der Waals surface area contributed by atoms with Crippen LogP contribution in [-0.2, 0) is 4.74 Å². The maximum Gasteiger partial charge on any atom is 0.126 e. The Morgan fingerprint density at radius 1 is 1.40 bits per heavy atom. The van der Waals surface area contributed by atoms with E-state index < -0.39 is 0 Å². The number of ether oxygens (including phenoxy) is 1. The van der Waals surface area contributed by atoms with Crippen molar-refractivity contribution in [3.05, 3.63) is 42.1 Å². The predicted molar refractivity (Wildman–Crippen MR) is 60.2 cm³/mol. The molecule has 0 saturated heterocycles. The number of methoxy groups -OCH3 is 1. The standard InChI is InChI=1S/C13H18FO/c1-3-11(7-6-10-15-2)12-8-4-5-9-13(12)14/h3-5,8-9,11H,6-7,10H2,1-2H3/t11-/m0/s1. The summed E-state index contributed by atoms with van der Waals surface area (Å²) in [5.74, 6) is 0.0827. The van der Waals surface area contributed by atoms with Crippen molar-refractivity contribution in [3.8, 4) is 0 Å². The zero-order valence-corrected chi connectivity index (χ0v) is 9.37. The van der Waals surface area contributed by atoms with Crippen LogP contribution in [0.2, 0.25) is 0 Å². The zero-order valence-electron chi connectivity index (χ0n) is 9.37. The van der Waals surface area contributed by atoms with E-state index in [4.69, 9.17) is 4.74 Å². The molecule has 1 aromatic carbocycles. The van der Waals surface area contributed by atoms with E-state index in [1.165, 1.54) is 6.07 Å². The van der Waals surface area contributed by atoms with Gasteiger partial charge in [-0.25, -0.2) is 4.39 Å². The molecule has 15 heavy (non-hydrogen) atoms. The van der Waals surface area contributed by atoms with Gasteiger partial charge in [-0.05, 0) is 36.8 Å². The first-order chi connectivity index (χ1) is 7.29. The molecule has 1 nitrogen and oxygen atoms in total. The molecule has 1 aromatic rings. The van der Waals surface area contributed by atoms with Gasteiger partial charge >= 0.3 is 0 Å². The van der Waals surface area contributed by atoms with Crippen LogP contribution in [0.3, 0.4) is 0 Å². The summed E-state index contributed by atoms with van der Waals surface area (Å²) in [7, 11) is 1.69. The lowest BCUT2D eigenvalue weighted by Crippen LogP contribution is -2.02. The largest absolute Gasteiger partial charge is 0.385 e. The third kappa shape index (κ3) is 3.63. The van der Waals surface area contributed by atoms with Crippen LogP contribution in [0.4, 0.5) is 4.39 Å². The van der Waals surface area contributed by atoms with Gasteiger partial charge in [0.1, 0.15) is 5.82 Å². The fraction of sp³-hybridized carbons (Fsp3) is 0.462. The Morgan fingerprint density at radius 2 is 2.13 bits per heavy atom. The average Bonchev–Trinajstić information content (AvgIpc) is 2.26. The SMILES string of the molecule is C[CH][C@@H](CCCOC)c1ccccc1F. The fourth-order valence-corrected chi connectivity index (χ4v) is 1.73. The predicted octanol–water partition coefficient (Wildman–Crippen LogP) is 3.56. The third-order valence-corrected chi connectivity index (χ3v) is 2.57. The van der Waals surface area contributed by atoms with Gasteiger partial charge in [-0.2, -0.15) is 0 Å². The van der Waals surface area contributed by atoms with Crippen LogP contribution in [0.1, 0.15) is 31.2 Å². The van der Waals surface area contributed by atoms with Crippen LogP contribution in [0.5, 0.6) is 0 Å². The summed E-state index contributed by atoms with van der Waals surface area (Å²) in [5.41, 5.74) is 0.788. The van der Waals surface area contributed by atoms with Crippen LogP contribution in [0.15, 0.2) is 24.3 Å². The molecule has 1 rings (SSSR count). The summed E-state index contributed by atoms with van der Waals surface area (Å²) >= 11 is 0. The fourth-order valence-electron chi connectivity index (χ4n) is 1.73. The molecule has 0 aromatic heterocycles. The highest BCUT2D eigenvalue weighted by Crippen LogP contribution is 2.25. The number of benzene rings is 1. The first-order valence-electron chi connectivity index (χ1n) is 5.32. The van der Waals surface area contributed by atoms with Crippen molar-refractivity contribution in [1.29, 1.82) is 0 Å². The Morgan fingerprint density at radius 3 is 2.73 bits per heavy atom. The molecule has 2 heteroatoms. The minimum Gasteiger partial charge on any atom is -0.385 e. The van der Waals surface area contributed by atoms with Crippen molar-refractivity contribution in [3.63, 3.8) is 0 Å². The van der Waals surface area contributed by atoms with Crippen molar-refractivity contribution in [2.75, 3.05) is 13.7 Å². The highest BCUT2D eigenvalue weighted by Gasteiger charge is 2.12. The molecule has 0 N–H and O–H groups in total.